The van der Waals surface area contributed by atoms with Crippen molar-refractivity contribution in [1.29, 1.82) is 0 Å². The van der Waals surface area contributed by atoms with Gasteiger partial charge >= 0.3 is 0 Å². The van der Waals surface area contributed by atoms with Gasteiger partial charge in [0.2, 0.25) is 0 Å². The molecule has 1 aliphatic heterocycles. The van der Waals surface area contributed by atoms with Gasteiger partial charge < -0.3 is 9.47 Å². The third-order valence-electron chi connectivity index (χ3n) is 3.96. The van der Waals surface area contributed by atoms with Gasteiger partial charge in [-0.05, 0) is 18.4 Å². The van der Waals surface area contributed by atoms with E-state index in [0.717, 1.165) is 11.3 Å². The fourth-order valence-electron chi connectivity index (χ4n) is 2.60. The van der Waals surface area contributed by atoms with Crippen molar-refractivity contribution in [2.24, 2.45) is 0 Å². The molecular formula is C18H17Cl2NO3S. The molecule has 0 amide bonds. The zero-order valence-electron chi connectivity index (χ0n) is 13.6. The van der Waals surface area contributed by atoms with Crippen LogP contribution in [0.5, 0.6) is 5.75 Å². The smallest absolute Gasteiger partial charge is 0.167 e. The number of Topliss-reactive ketones (excluding diaryl/α,β-unsaturated/α-hetero) is 1. The number of carbonyl (C=O) groups excluding carboxylic acids is 1. The van der Waals surface area contributed by atoms with Gasteiger partial charge in [0, 0.05) is 41.3 Å². The predicted octanol–water partition coefficient (Wildman–Crippen LogP) is 4.70. The molecule has 4 nitrogen and oxygen atoms in total. The molecule has 0 saturated carbocycles. The molecule has 1 unspecified atom stereocenters. The highest BCUT2D eigenvalue weighted by Crippen LogP contribution is 2.32. The average Bonchev–Trinajstić information content (AvgIpc) is 3.11. The lowest BCUT2D eigenvalue weighted by Gasteiger charge is -2.16. The third kappa shape index (κ3) is 4.47. The number of pyridine rings is 1. The second-order valence-electron chi connectivity index (χ2n) is 5.65. The van der Waals surface area contributed by atoms with Crippen molar-refractivity contribution in [1.82, 2.24) is 4.98 Å². The first kappa shape index (κ1) is 18.5. The molecule has 0 N–H and O–H groups in total. The topological polar surface area (TPSA) is 48.4 Å². The maximum absolute atomic E-state index is 12.7. The number of ketones is 1. The summed E-state index contributed by atoms with van der Waals surface area (Å²) in [5.74, 6) is 0.635. The zero-order valence-corrected chi connectivity index (χ0v) is 16.0. The number of carbonyl (C=O) groups is 1. The molecule has 2 heterocycles. The van der Waals surface area contributed by atoms with Crippen molar-refractivity contribution < 1.29 is 14.3 Å². The number of nitrogens with zero attached hydrogens (tertiary/aromatic N) is 1. The first-order valence-electron chi connectivity index (χ1n) is 7.82. The van der Waals surface area contributed by atoms with Gasteiger partial charge in [-0.2, -0.15) is 0 Å². The molecule has 1 aliphatic rings. The Morgan fingerprint density at radius 1 is 1.36 bits per heavy atom. The molecule has 7 heteroatoms. The predicted molar refractivity (Wildman–Crippen MR) is 100 cm³/mol. The Morgan fingerprint density at radius 2 is 2.12 bits per heavy atom. The molecule has 0 spiro atoms. The Bertz CT molecular complexity index is 759. The summed E-state index contributed by atoms with van der Waals surface area (Å²) in [4.78, 5) is 17.6. The van der Waals surface area contributed by atoms with Crippen molar-refractivity contribution in [3.63, 3.8) is 0 Å². The Kier molecular flexibility index (Phi) is 6.23. The van der Waals surface area contributed by atoms with Crippen LogP contribution in [0, 0.1) is 0 Å². The van der Waals surface area contributed by atoms with Gasteiger partial charge in [0.05, 0.1) is 23.3 Å². The van der Waals surface area contributed by atoms with Crippen molar-refractivity contribution in [2.45, 2.75) is 23.8 Å². The number of rotatable bonds is 6. The monoisotopic (exact) mass is 397 g/mol. The maximum Gasteiger partial charge on any atom is 0.167 e. The van der Waals surface area contributed by atoms with Crippen LogP contribution < -0.4 is 4.74 Å². The van der Waals surface area contributed by atoms with Crippen LogP contribution in [0.3, 0.4) is 0 Å². The van der Waals surface area contributed by atoms with Crippen LogP contribution in [0.15, 0.2) is 35.5 Å². The van der Waals surface area contributed by atoms with E-state index in [9.17, 15) is 4.79 Å². The molecule has 1 fully saturated rings. The third-order valence-corrected chi connectivity index (χ3v) is 5.39. The lowest BCUT2D eigenvalue weighted by atomic mass is 10.0. The summed E-state index contributed by atoms with van der Waals surface area (Å²) in [6, 6.07) is 5.49. The molecule has 25 heavy (non-hydrogen) atoms. The molecule has 1 saturated heterocycles. The van der Waals surface area contributed by atoms with E-state index in [0.29, 0.717) is 40.1 Å². The SMILES string of the molecule is CSc1ccc(C(=O)Cc2c(Cl)cncc2Cl)cc1OC1CCOC1. The molecular weight excluding hydrogens is 381 g/mol. The zero-order chi connectivity index (χ0) is 17.8. The molecule has 1 aromatic heterocycles. The van der Waals surface area contributed by atoms with E-state index in [1.165, 1.54) is 12.4 Å². The number of aromatic nitrogens is 1. The van der Waals surface area contributed by atoms with Crippen LogP contribution in [0.1, 0.15) is 22.3 Å². The summed E-state index contributed by atoms with van der Waals surface area (Å²) in [6.07, 6.45) is 5.95. The Hall–Kier alpha value is -1.27. The van der Waals surface area contributed by atoms with Gasteiger partial charge in [0.15, 0.2) is 5.78 Å². The van der Waals surface area contributed by atoms with Gasteiger partial charge in [-0.15, -0.1) is 11.8 Å². The molecule has 1 aromatic carbocycles. The highest BCUT2D eigenvalue weighted by molar-refractivity contribution is 7.98. The largest absolute Gasteiger partial charge is 0.487 e. The minimum atomic E-state index is -0.0739. The fraction of sp³-hybridized carbons (Fsp3) is 0.333. The van der Waals surface area contributed by atoms with Gasteiger partial charge in [0.25, 0.3) is 0 Å². The summed E-state index contributed by atoms with van der Waals surface area (Å²) in [7, 11) is 0. The van der Waals surface area contributed by atoms with E-state index in [2.05, 4.69) is 4.98 Å². The molecule has 0 bridgehead atoms. The van der Waals surface area contributed by atoms with Crippen LogP contribution >= 0.6 is 35.0 Å². The molecule has 0 radical (unpaired) electrons. The number of benzene rings is 1. The Morgan fingerprint density at radius 3 is 2.76 bits per heavy atom. The van der Waals surface area contributed by atoms with E-state index in [4.69, 9.17) is 32.7 Å². The second kappa shape index (κ2) is 8.41. The van der Waals surface area contributed by atoms with Crippen LogP contribution in [0.2, 0.25) is 10.0 Å². The first-order chi connectivity index (χ1) is 12.1. The number of halogens is 2. The van der Waals surface area contributed by atoms with Crippen LogP contribution in [0.4, 0.5) is 0 Å². The molecule has 0 aliphatic carbocycles. The van der Waals surface area contributed by atoms with E-state index >= 15 is 0 Å². The van der Waals surface area contributed by atoms with E-state index in [-0.39, 0.29) is 18.3 Å². The summed E-state index contributed by atoms with van der Waals surface area (Å²) in [5.41, 5.74) is 1.15. The highest BCUT2D eigenvalue weighted by atomic mass is 35.5. The molecule has 3 rings (SSSR count). The minimum absolute atomic E-state index is 0.0281. The minimum Gasteiger partial charge on any atom is -0.487 e. The lowest BCUT2D eigenvalue weighted by molar-refractivity contribution is 0.0991. The molecule has 2 aromatic rings. The van der Waals surface area contributed by atoms with Gasteiger partial charge in [-0.3, -0.25) is 9.78 Å². The quantitative estimate of drug-likeness (QED) is 0.521. The van der Waals surface area contributed by atoms with Crippen LogP contribution in [-0.4, -0.2) is 36.3 Å². The van der Waals surface area contributed by atoms with Gasteiger partial charge in [-0.1, -0.05) is 29.3 Å². The number of hydrogen-bond acceptors (Lipinski definition) is 5. The summed E-state index contributed by atoms with van der Waals surface area (Å²) >= 11 is 13.8. The lowest BCUT2D eigenvalue weighted by Crippen LogP contribution is -2.16. The second-order valence-corrected chi connectivity index (χ2v) is 7.31. The van der Waals surface area contributed by atoms with Gasteiger partial charge in [0.1, 0.15) is 11.9 Å². The summed E-state index contributed by atoms with van der Waals surface area (Å²) in [6.45, 7) is 1.28. The Balaban J connectivity index is 1.82. The van der Waals surface area contributed by atoms with E-state index < -0.39 is 0 Å². The molecule has 132 valence electrons. The summed E-state index contributed by atoms with van der Waals surface area (Å²) in [5, 5.41) is 0.780. The van der Waals surface area contributed by atoms with E-state index in [1.807, 2.05) is 12.3 Å². The number of ether oxygens (including phenoxy) is 2. The normalized spacial score (nSPS) is 16.8. The Labute approximate surface area is 160 Å². The number of thioether (sulfide) groups is 1. The van der Waals surface area contributed by atoms with E-state index in [1.54, 1.807) is 23.9 Å². The van der Waals surface area contributed by atoms with Crippen molar-refractivity contribution >= 4 is 40.7 Å². The average molecular weight is 398 g/mol. The summed E-state index contributed by atoms with van der Waals surface area (Å²) < 4.78 is 11.4. The first-order valence-corrected chi connectivity index (χ1v) is 9.80. The van der Waals surface area contributed by atoms with Crippen LogP contribution in [0.25, 0.3) is 0 Å². The van der Waals surface area contributed by atoms with Crippen molar-refractivity contribution in [3.05, 3.63) is 51.8 Å². The highest BCUT2D eigenvalue weighted by Gasteiger charge is 2.20. The fourth-order valence-corrected chi connectivity index (χ4v) is 3.61. The van der Waals surface area contributed by atoms with Crippen molar-refractivity contribution in [2.75, 3.05) is 19.5 Å². The van der Waals surface area contributed by atoms with Gasteiger partial charge in [-0.25, -0.2) is 0 Å². The van der Waals surface area contributed by atoms with Crippen molar-refractivity contribution in [3.8, 4) is 5.75 Å². The maximum atomic E-state index is 12.7. The molecule has 1 atom stereocenters. The number of hydrogen-bond donors (Lipinski definition) is 0. The van der Waals surface area contributed by atoms with Crippen LogP contribution in [-0.2, 0) is 11.2 Å². The standard InChI is InChI=1S/C18H17Cl2NO3S/c1-25-18-3-2-11(6-17(18)24-12-4-5-23-10-12)16(22)7-13-14(19)8-21-9-15(13)20/h2-3,6,8-9,12H,4-5,7,10H2,1H3.